The fourth-order valence-corrected chi connectivity index (χ4v) is 13.9. The monoisotopic (exact) mass is 294 g/mol. The van der Waals surface area contributed by atoms with E-state index in [1.54, 1.807) is 16.7 Å². The normalized spacial score (nSPS) is 27.2. The molecule has 19 heavy (non-hydrogen) atoms. The average Bonchev–Trinajstić information content (AvgIpc) is 2.55. The van der Waals surface area contributed by atoms with Gasteiger partial charge in [0.05, 0.1) is 0 Å². The van der Waals surface area contributed by atoms with Crippen LogP contribution in [0.15, 0.2) is 21.9 Å². The molecular weight excluding hydrogens is 263 g/mol. The Balaban J connectivity index is 2.19. The van der Waals surface area contributed by atoms with Gasteiger partial charge in [-0.3, -0.25) is 0 Å². The summed E-state index contributed by atoms with van der Waals surface area (Å²) in [5.41, 5.74) is 6.06. The zero-order valence-corrected chi connectivity index (χ0v) is 15.7. The minimum atomic E-state index is -1.22. The highest BCUT2D eigenvalue weighted by Gasteiger charge is 2.36. The first-order valence-corrected chi connectivity index (χ1v) is 13.1. The largest absolute Gasteiger partial charge is 0.126 e. The molecule has 0 amide bonds. The van der Waals surface area contributed by atoms with E-state index in [1.807, 2.05) is 5.20 Å². The van der Waals surface area contributed by atoms with Gasteiger partial charge in [0.15, 0.2) is 0 Å². The molecule has 1 fully saturated rings. The third-order valence-corrected chi connectivity index (χ3v) is 13.3. The molecule has 2 heteroatoms. The van der Waals surface area contributed by atoms with Gasteiger partial charge in [0.25, 0.3) is 0 Å². The quantitative estimate of drug-likeness (QED) is 0.439. The molecule has 0 N–H and O–H groups in total. The first kappa shape index (κ1) is 15.5. The molecule has 0 saturated heterocycles. The van der Waals surface area contributed by atoms with Crippen LogP contribution in [0.3, 0.4) is 0 Å². The molecule has 2 aliphatic carbocycles. The van der Waals surface area contributed by atoms with Crippen molar-refractivity contribution in [3.8, 4) is 0 Å². The van der Waals surface area contributed by atoms with Crippen LogP contribution in [0.5, 0.6) is 0 Å². The van der Waals surface area contributed by atoms with E-state index < -0.39 is 7.74 Å². The Morgan fingerprint density at radius 2 is 1.53 bits per heavy atom. The Labute approximate surface area is 122 Å². The number of hydrogen-bond donors (Lipinski definition) is 0. The Hall–Kier alpha value is 0.127. The Morgan fingerprint density at radius 1 is 0.947 bits per heavy atom. The summed E-state index contributed by atoms with van der Waals surface area (Å²) in [6.07, 6.45) is 7.49. The topological polar surface area (TPSA) is 0 Å². The van der Waals surface area contributed by atoms with Crippen molar-refractivity contribution in [1.82, 2.24) is 0 Å². The minimum Gasteiger partial charge on any atom is -0.126 e. The highest BCUT2D eigenvalue weighted by molar-refractivity contribution is 7.83. The van der Waals surface area contributed by atoms with E-state index in [0.29, 0.717) is 5.92 Å². The highest BCUT2D eigenvalue weighted by atomic mass is 31.3. The number of rotatable bonds is 3. The standard InChI is InChI=1S/C17H31PSi/c1-12-13(2)15(4)17(14(12)3)19(5,6)18-16-10-8-7-9-11-16/h12,16,18H,7-11H2,1-6H3. The summed E-state index contributed by atoms with van der Waals surface area (Å²) < 4.78 is 0. The van der Waals surface area contributed by atoms with Crippen LogP contribution in [0.25, 0.3) is 0 Å². The molecule has 0 radical (unpaired) electrons. The predicted molar refractivity (Wildman–Crippen MR) is 92.9 cm³/mol. The third-order valence-electron chi connectivity index (χ3n) is 5.46. The summed E-state index contributed by atoms with van der Waals surface area (Å²) >= 11 is 0. The summed E-state index contributed by atoms with van der Waals surface area (Å²) in [7, 11) is 0.0224. The molecule has 108 valence electrons. The van der Waals surface area contributed by atoms with Gasteiger partial charge in [-0.15, -0.1) is 8.13 Å². The second kappa shape index (κ2) is 5.86. The van der Waals surface area contributed by atoms with E-state index in [0.717, 1.165) is 5.66 Å². The molecule has 2 unspecified atom stereocenters. The van der Waals surface area contributed by atoms with Gasteiger partial charge in [-0.2, -0.15) is 0 Å². The summed E-state index contributed by atoms with van der Waals surface area (Å²) in [6.45, 7) is 14.8. The smallest absolute Gasteiger partial charge is 0.104 e. The van der Waals surface area contributed by atoms with Crippen LogP contribution in [0.2, 0.25) is 13.1 Å². The molecule has 0 spiro atoms. The fourth-order valence-electron chi connectivity index (χ4n) is 4.15. The van der Waals surface area contributed by atoms with Crippen molar-refractivity contribution in [3.63, 3.8) is 0 Å². The van der Waals surface area contributed by atoms with E-state index in [9.17, 15) is 0 Å². The minimum absolute atomic E-state index is 0.706. The maximum atomic E-state index is 2.63. The predicted octanol–water partition coefficient (Wildman–Crippen LogP) is 6.04. The highest BCUT2D eigenvalue weighted by Crippen LogP contribution is 2.50. The number of allylic oxidation sites excluding steroid dienone is 4. The van der Waals surface area contributed by atoms with Crippen molar-refractivity contribution in [3.05, 3.63) is 21.9 Å². The van der Waals surface area contributed by atoms with Crippen molar-refractivity contribution in [1.29, 1.82) is 0 Å². The molecule has 0 aliphatic heterocycles. The molecule has 0 aromatic heterocycles. The van der Waals surface area contributed by atoms with Gasteiger partial charge in [0.2, 0.25) is 0 Å². The summed E-state index contributed by atoms with van der Waals surface area (Å²) in [4.78, 5) is 0. The lowest BCUT2D eigenvalue weighted by Gasteiger charge is -2.33. The zero-order chi connectivity index (χ0) is 14.2. The second-order valence-electron chi connectivity index (χ2n) is 7.19. The zero-order valence-electron chi connectivity index (χ0n) is 13.7. The van der Waals surface area contributed by atoms with Crippen molar-refractivity contribution < 1.29 is 0 Å². The van der Waals surface area contributed by atoms with Crippen molar-refractivity contribution >= 4 is 15.9 Å². The molecule has 1 saturated carbocycles. The summed E-state index contributed by atoms with van der Waals surface area (Å²) in [5, 5.41) is 1.83. The molecule has 0 aromatic rings. The van der Waals surface area contributed by atoms with Crippen LogP contribution < -0.4 is 0 Å². The Morgan fingerprint density at radius 3 is 2.00 bits per heavy atom. The second-order valence-corrected chi connectivity index (χ2v) is 16.7. The van der Waals surface area contributed by atoms with Crippen molar-refractivity contribution in [2.24, 2.45) is 5.92 Å². The van der Waals surface area contributed by atoms with Gasteiger partial charge in [-0.05, 0) is 45.2 Å². The van der Waals surface area contributed by atoms with Gasteiger partial charge in [-0.1, -0.05) is 61.2 Å². The van der Waals surface area contributed by atoms with E-state index in [1.165, 1.54) is 40.2 Å². The van der Waals surface area contributed by atoms with Crippen molar-refractivity contribution in [2.75, 3.05) is 0 Å². The van der Waals surface area contributed by atoms with Crippen molar-refractivity contribution in [2.45, 2.75) is 78.6 Å². The summed E-state index contributed by atoms with van der Waals surface area (Å²) in [5.74, 6) is 0.706. The van der Waals surface area contributed by atoms with Gasteiger partial charge in [0.1, 0.15) is 7.74 Å². The lowest BCUT2D eigenvalue weighted by molar-refractivity contribution is 0.515. The maximum Gasteiger partial charge on any atom is 0.104 e. The molecule has 0 aromatic carbocycles. The average molecular weight is 294 g/mol. The van der Waals surface area contributed by atoms with Crippen LogP contribution >= 0.6 is 8.13 Å². The van der Waals surface area contributed by atoms with Crippen LogP contribution in [-0.4, -0.2) is 13.4 Å². The molecule has 2 atom stereocenters. The van der Waals surface area contributed by atoms with E-state index in [2.05, 4.69) is 40.8 Å². The SMILES string of the molecule is CC1=C(C)C(C)C(C)=C1[Si](C)(C)PC1CCCCC1. The summed E-state index contributed by atoms with van der Waals surface area (Å²) in [6, 6.07) is 0. The molecule has 0 nitrogen and oxygen atoms in total. The third kappa shape index (κ3) is 3.08. The van der Waals surface area contributed by atoms with Gasteiger partial charge in [0, 0.05) is 0 Å². The molecule has 2 rings (SSSR count). The van der Waals surface area contributed by atoms with E-state index in [-0.39, 0.29) is 0 Å². The van der Waals surface area contributed by atoms with Gasteiger partial charge >= 0.3 is 0 Å². The molecule has 0 heterocycles. The number of hydrogen-bond acceptors (Lipinski definition) is 0. The lowest BCUT2D eigenvalue weighted by Crippen LogP contribution is -2.28. The lowest BCUT2D eigenvalue weighted by atomic mass is 10.0. The first-order chi connectivity index (χ1) is 8.84. The van der Waals surface area contributed by atoms with Crippen LogP contribution in [0.1, 0.15) is 59.8 Å². The maximum absolute atomic E-state index is 2.63. The van der Waals surface area contributed by atoms with Crippen LogP contribution in [0.4, 0.5) is 0 Å². The van der Waals surface area contributed by atoms with Gasteiger partial charge in [-0.25, -0.2) is 0 Å². The van der Waals surface area contributed by atoms with Gasteiger partial charge < -0.3 is 0 Å². The fraction of sp³-hybridized carbons (Fsp3) is 0.765. The van der Waals surface area contributed by atoms with Crippen LogP contribution in [0, 0.1) is 5.92 Å². The molecule has 0 bridgehead atoms. The Bertz CT molecular complexity index is 411. The molecule has 2 aliphatic rings. The van der Waals surface area contributed by atoms with Crippen LogP contribution in [-0.2, 0) is 0 Å². The van der Waals surface area contributed by atoms with E-state index >= 15 is 0 Å². The molecular formula is C17H31PSi. The Kier molecular flexibility index (Phi) is 4.78. The van der Waals surface area contributed by atoms with E-state index in [4.69, 9.17) is 0 Å². The first-order valence-electron chi connectivity index (χ1n) is 8.01.